The van der Waals surface area contributed by atoms with Crippen molar-refractivity contribution in [3.05, 3.63) is 190 Å². The minimum atomic E-state index is -1.21. The smallest absolute Gasteiger partial charge is 0.143 e. The number of hydrogen-bond acceptors (Lipinski definition) is 4. The van der Waals surface area contributed by atoms with Crippen molar-refractivity contribution in [2.24, 2.45) is 5.92 Å². The Hall–Kier alpha value is -4.75. The van der Waals surface area contributed by atoms with Crippen molar-refractivity contribution >= 4 is 32.8 Å². The second-order valence-corrected chi connectivity index (χ2v) is 13.5. The molecule has 7 rings (SSSR count). The van der Waals surface area contributed by atoms with Gasteiger partial charge in [0.2, 0.25) is 0 Å². The summed E-state index contributed by atoms with van der Waals surface area (Å²) in [5.74, 6) is -0.394. The van der Waals surface area contributed by atoms with Crippen LogP contribution in [0.2, 0.25) is 0 Å². The quantitative estimate of drug-likeness (QED) is 0.134. The average Bonchev–Trinajstić information content (AvgIpc) is 3.15. The third-order valence-electron chi connectivity index (χ3n) is 9.61. The predicted molar refractivity (Wildman–Crippen MR) is 195 cm³/mol. The zero-order chi connectivity index (χ0) is 33.6. The summed E-state index contributed by atoms with van der Waals surface area (Å²) in [6.07, 6.45) is -1.65. The number of amides is 1. The number of carbonyl (C=O) groups is 1. The van der Waals surface area contributed by atoms with E-state index >= 15 is 0 Å². The van der Waals surface area contributed by atoms with Crippen LogP contribution in [0.25, 0.3) is 10.8 Å². The first kappa shape index (κ1) is 32.8. The van der Waals surface area contributed by atoms with Crippen molar-refractivity contribution in [2.75, 3.05) is 19.7 Å². The molecule has 1 saturated heterocycles. The number of piperidine rings is 1. The van der Waals surface area contributed by atoms with Crippen molar-refractivity contribution in [1.82, 2.24) is 4.90 Å². The maximum atomic E-state index is 12.5. The van der Waals surface area contributed by atoms with Gasteiger partial charge in [0.15, 0.2) is 0 Å². The molecule has 0 spiro atoms. The molecule has 3 unspecified atom stereocenters. The first-order chi connectivity index (χ1) is 24.0. The lowest BCUT2D eigenvalue weighted by atomic mass is 9.77. The van der Waals surface area contributed by atoms with Crippen molar-refractivity contribution in [3.63, 3.8) is 0 Å². The number of ether oxygens (including phenoxy) is 2. The van der Waals surface area contributed by atoms with E-state index in [-0.39, 0.29) is 31.5 Å². The summed E-state index contributed by atoms with van der Waals surface area (Å²) < 4.78 is 15.0. The van der Waals surface area contributed by atoms with E-state index in [0.29, 0.717) is 6.61 Å². The zero-order valence-corrected chi connectivity index (χ0v) is 28.6. The maximum Gasteiger partial charge on any atom is 0.143 e. The van der Waals surface area contributed by atoms with E-state index in [9.17, 15) is 9.90 Å². The highest BCUT2D eigenvalue weighted by molar-refractivity contribution is 9.10. The van der Waals surface area contributed by atoms with Crippen molar-refractivity contribution in [3.8, 4) is 0 Å². The summed E-state index contributed by atoms with van der Waals surface area (Å²) in [4.78, 5) is 13.9. The summed E-state index contributed by atoms with van der Waals surface area (Å²) >= 11 is 3.59. The summed E-state index contributed by atoms with van der Waals surface area (Å²) in [7, 11) is 0. The number of carboxylic acid groups (broad SMARTS) is 1. The fourth-order valence-corrected chi connectivity index (χ4v) is 7.54. The van der Waals surface area contributed by atoms with E-state index in [1.807, 2.05) is 78.9 Å². The molecule has 0 bridgehead atoms. The highest BCUT2D eigenvalue weighted by atomic mass is 79.9. The van der Waals surface area contributed by atoms with E-state index in [4.69, 9.17) is 9.47 Å². The van der Waals surface area contributed by atoms with Gasteiger partial charge in [-0.1, -0.05) is 155 Å². The van der Waals surface area contributed by atoms with Crippen LogP contribution in [0.15, 0.2) is 162 Å². The van der Waals surface area contributed by atoms with Crippen LogP contribution in [-0.2, 0) is 21.7 Å². The molecule has 0 radical (unpaired) electrons. The topological polar surface area (TPSA) is 61.8 Å². The number of carbonyl (C=O) groups excluding carboxylic acids is 1. The van der Waals surface area contributed by atoms with E-state index < -0.39 is 17.8 Å². The maximum absolute atomic E-state index is 12.5. The molecule has 0 aromatic heterocycles. The van der Waals surface area contributed by atoms with E-state index in [1.54, 1.807) is 0 Å². The van der Waals surface area contributed by atoms with E-state index in [1.165, 1.54) is 4.90 Å². The first-order valence-corrected chi connectivity index (χ1v) is 17.4. The molecule has 0 saturated carbocycles. The standard InChI is InChI=1S/C43H38BrNO4/c44-39-24-22-33(23-25-39)41-35(27-45(42(46)47)28-40(41)48-29-31-20-21-32-12-10-11-13-34(32)26-31)30-49-43(36-14-4-1-5-15-36,37-16-6-2-7-17-37)38-18-8-3-9-19-38/h1-26,35,40-41H,27-30H2,(H,46,47)/p-1. The molecule has 49 heavy (non-hydrogen) atoms. The van der Waals surface area contributed by atoms with Crippen LogP contribution >= 0.6 is 15.9 Å². The van der Waals surface area contributed by atoms with Crippen molar-refractivity contribution < 1.29 is 19.4 Å². The van der Waals surface area contributed by atoms with Gasteiger partial charge in [0.1, 0.15) is 11.7 Å². The third kappa shape index (κ3) is 7.04. The summed E-state index contributed by atoms with van der Waals surface area (Å²) in [5, 5.41) is 14.8. The monoisotopic (exact) mass is 710 g/mol. The van der Waals surface area contributed by atoms with Crippen molar-refractivity contribution in [1.29, 1.82) is 0 Å². The molecule has 1 fully saturated rings. The SMILES string of the molecule is O=C([O-])N1CC(COC(c2ccccc2)(c2ccccc2)c2ccccc2)C(c2ccc(Br)cc2)C(OCc2ccc3ccccc3c2)C1. The Kier molecular flexibility index (Phi) is 9.89. The normalized spacial score (nSPS) is 18.0. The molecule has 6 aromatic rings. The molecule has 1 aliphatic rings. The van der Waals surface area contributed by atoms with Gasteiger partial charge in [-0.3, -0.25) is 0 Å². The third-order valence-corrected chi connectivity index (χ3v) is 10.1. The number of hydrogen-bond donors (Lipinski definition) is 0. The average molecular weight is 712 g/mol. The fourth-order valence-electron chi connectivity index (χ4n) is 7.27. The molecule has 3 atom stereocenters. The molecule has 0 N–H and O–H groups in total. The van der Waals surface area contributed by atoms with Crippen LogP contribution in [0.5, 0.6) is 0 Å². The van der Waals surface area contributed by atoms with Gasteiger partial charge in [-0.25, -0.2) is 0 Å². The number of likely N-dealkylation sites (tertiary alicyclic amines) is 1. The number of nitrogens with zero attached hydrogens (tertiary/aromatic N) is 1. The molecule has 6 aromatic carbocycles. The van der Waals surface area contributed by atoms with Crippen LogP contribution in [0.4, 0.5) is 4.79 Å². The Bertz CT molecular complexity index is 1890. The lowest BCUT2D eigenvalue weighted by Gasteiger charge is -2.46. The number of halogens is 1. The van der Waals surface area contributed by atoms with Gasteiger partial charge in [-0.05, 0) is 56.8 Å². The lowest BCUT2D eigenvalue weighted by molar-refractivity contribution is -0.270. The molecule has 1 aliphatic heterocycles. The highest BCUT2D eigenvalue weighted by Crippen LogP contribution is 2.43. The lowest BCUT2D eigenvalue weighted by Crippen LogP contribution is -2.56. The van der Waals surface area contributed by atoms with Crippen LogP contribution in [0.1, 0.15) is 33.7 Å². The Labute approximate surface area is 295 Å². The van der Waals surface area contributed by atoms with Gasteiger partial charge in [-0.15, -0.1) is 0 Å². The van der Waals surface area contributed by atoms with Crippen LogP contribution in [0, 0.1) is 5.92 Å². The molecule has 5 nitrogen and oxygen atoms in total. The highest BCUT2D eigenvalue weighted by Gasteiger charge is 2.43. The van der Waals surface area contributed by atoms with Gasteiger partial charge >= 0.3 is 0 Å². The molecule has 1 amide bonds. The van der Waals surface area contributed by atoms with E-state index in [0.717, 1.165) is 43.1 Å². The van der Waals surface area contributed by atoms with Gasteiger partial charge in [-0.2, -0.15) is 0 Å². The summed E-state index contributed by atoms with van der Waals surface area (Å²) in [6, 6.07) is 53.5. The predicted octanol–water partition coefficient (Wildman–Crippen LogP) is 8.56. The Morgan fingerprint density at radius 2 is 1.24 bits per heavy atom. The minimum Gasteiger partial charge on any atom is -0.530 e. The molecule has 6 heteroatoms. The second kappa shape index (κ2) is 14.8. The van der Waals surface area contributed by atoms with Crippen LogP contribution in [-0.4, -0.2) is 36.8 Å². The summed E-state index contributed by atoms with van der Waals surface area (Å²) in [6.45, 7) is 1.07. The van der Waals surface area contributed by atoms with Gasteiger partial charge in [0, 0.05) is 29.4 Å². The minimum absolute atomic E-state index is 0.149. The Balaban J connectivity index is 1.27. The first-order valence-electron chi connectivity index (χ1n) is 16.6. The van der Waals surface area contributed by atoms with Crippen LogP contribution < -0.4 is 5.11 Å². The molecular formula is C43H37BrNO4-. The van der Waals surface area contributed by atoms with Gasteiger partial charge < -0.3 is 24.3 Å². The number of benzene rings is 6. The molecular weight excluding hydrogens is 674 g/mol. The summed E-state index contributed by atoms with van der Waals surface area (Å²) in [5.41, 5.74) is 4.13. The second-order valence-electron chi connectivity index (χ2n) is 12.6. The molecule has 246 valence electrons. The largest absolute Gasteiger partial charge is 0.530 e. The van der Waals surface area contributed by atoms with Crippen LogP contribution in [0.3, 0.4) is 0 Å². The number of rotatable bonds is 10. The molecule has 1 heterocycles. The van der Waals surface area contributed by atoms with Gasteiger partial charge in [0.25, 0.3) is 0 Å². The Morgan fingerprint density at radius 3 is 1.82 bits per heavy atom. The zero-order valence-electron chi connectivity index (χ0n) is 27.0. The number of fused-ring (bicyclic) bond motifs is 1. The fraction of sp³-hybridized carbons (Fsp3) is 0.186. The van der Waals surface area contributed by atoms with E-state index in [2.05, 4.69) is 94.8 Å². The van der Waals surface area contributed by atoms with Crippen molar-refractivity contribution in [2.45, 2.75) is 24.2 Å². The Morgan fingerprint density at radius 1 is 0.694 bits per heavy atom. The molecule has 0 aliphatic carbocycles. The van der Waals surface area contributed by atoms with Gasteiger partial charge in [0.05, 0.1) is 19.3 Å².